The number of rotatable bonds is 6. The molecule has 0 saturated heterocycles. The standard InChI is InChI=1S/C16H19N3O2S/c1-4-9-21-14-7-5-13(6-8-14)10-17-19-16(20)15-11(2)18-12(3)22-15/h5-8,10H,4,9H2,1-3H3,(H,19,20)/b17-10+. The van der Waals surface area contributed by atoms with Gasteiger partial charge in [0.1, 0.15) is 10.6 Å². The first kappa shape index (κ1) is 16.2. The summed E-state index contributed by atoms with van der Waals surface area (Å²) in [5, 5.41) is 4.84. The predicted molar refractivity (Wildman–Crippen MR) is 88.9 cm³/mol. The van der Waals surface area contributed by atoms with Gasteiger partial charge in [-0.25, -0.2) is 10.4 Å². The Morgan fingerprint density at radius 3 is 2.68 bits per heavy atom. The van der Waals surface area contributed by atoms with Gasteiger partial charge in [-0.1, -0.05) is 6.92 Å². The number of aryl methyl sites for hydroxylation is 2. The number of amides is 1. The molecule has 22 heavy (non-hydrogen) atoms. The van der Waals surface area contributed by atoms with Gasteiger partial charge in [0.05, 0.1) is 23.5 Å². The molecule has 1 aromatic heterocycles. The van der Waals surface area contributed by atoms with Gasteiger partial charge < -0.3 is 4.74 Å². The Balaban J connectivity index is 1.92. The van der Waals surface area contributed by atoms with Crippen molar-refractivity contribution in [3.05, 3.63) is 45.4 Å². The summed E-state index contributed by atoms with van der Waals surface area (Å²) in [6.07, 6.45) is 2.58. The monoisotopic (exact) mass is 317 g/mol. The fourth-order valence-corrected chi connectivity index (χ4v) is 2.64. The highest BCUT2D eigenvalue weighted by Crippen LogP contribution is 2.16. The van der Waals surface area contributed by atoms with Crippen molar-refractivity contribution in [1.82, 2.24) is 10.4 Å². The van der Waals surface area contributed by atoms with E-state index in [2.05, 4.69) is 22.4 Å². The first-order valence-corrected chi connectivity index (χ1v) is 7.92. The molecule has 2 aromatic rings. The topological polar surface area (TPSA) is 63.6 Å². The number of hydrazone groups is 1. The molecule has 0 atom stereocenters. The highest BCUT2D eigenvalue weighted by Gasteiger charge is 2.12. The van der Waals surface area contributed by atoms with Crippen molar-refractivity contribution in [3.8, 4) is 5.75 Å². The summed E-state index contributed by atoms with van der Waals surface area (Å²) in [5.74, 6) is 0.598. The molecule has 6 heteroatoms. The largest absolute Gasteiger partial charge is 0.494 e. The van der Waals surface area contributed by atoms with Gasteiger partial charge in [0.25, 0.3) is 5.91 Å². The van der Waals surface area contributed by atoms with Crippen LogP contribution in [-0.2, 0) is 0 Å². The van der Waals surface area contributed by atoms with Gasteiger partial charge in [-0.15, -0.1) is 11.3 Å². The van der Waals surface area contributed by atoms with Crippen molar-refractivity contribution in [3.63, 3.8) is 0 Å². The zero-order valence-electron chi connectivity index (χ0n) is 12.9. The molecule has 1 aromatic carbocycles. The van der Waals surface area contributed by atoms with Crippen molar-refractivity contribution in [2.24, 2.45) is 5.10 Å². The number of hydrogen-bond donors (Lipinski definition) is 1. The average molecular weight is 317 g/mol. The SMILES string of the molecule is CCCOc1ccc(/C=N/NC(=O)c2sc(C)nc2C)cc1. The Bertz CT molecular complexity index is 663. The van der Waals surface area contributed by atoms with Crippen molar-refractivity contribution in [2.75, 3.05) is 6.61 Å². The highest BCUT2D eigenvalue weighted by atomic mass is 32.1. The molecule has 2 rings (SSSR count). The summed E-state index contributed by atoms with van der Waals surface area (Å²) in [6, 6.07) is 7.55. The average Bonchev–Trinajstić information content (AvgIpc) is 2.85. The van der Waals surface area contributed by atoms with E-state index in [9.17, 15) is 4.79 Å². The summed E-state index contributed by atoms with van der Waals surface area (Å²) in [5.41, 5.74) is 4.14. The first-order chi connectivity index (χ1) is 10.6. The number of carbonyl (C=O) groups is 1. The third-order valence-corrected chi connectivity index (χ3v) is 3.91. The Hall–Kier alpha value is -2.21. The molecule has 0 unspecified atom stereocenters. The molecule has 1 heterocycles. The van der Waals surface area contributed by atoms with Crippen molar-refractivity contribution < 1.29 is 9.53 Å². The Morgan fingerprint density at radius 1 is 1.36 bits per heavy atom. The smallest absolute Gasteiger partial charge is 0.283 e. The molecule has 0 aliphatic rings. The molecule has 1 N–H and O–H groups in total. The van der Waals surface area contributed by atoms with Crippen LogP contribution in [0.2, 0.25) is 0 Å². The second-order valence-electron chi connectivity index (χ2n) is 4.76. The molecule has 0 aliphatic carbocycles. The van der Waals surface area contributed by atoms with Crippen molar-refractivity contribution >= 4 is 23.5 Å². The zero-order valence-corrected chi connectivity index (χ0v) is 13.7. The lowest BCUT2D eigenvalue weighted by Crippen LogP contribution is -2.17. The van der Waals surface area contributed by atoms with E-state index >= 15 is 0 Å². The van der Waals surface area contributed by atoms with Crippen LogP contribution in [0.4, 0.5) is 0 Å². The molecule has 0 saturated carbocycles. The van der Waals surface area contributed by atoms with E-state index in [0.29, 0.717) is 11.5 Å². The van der Waals surface area contributed by atoms with Gasteiger partial charge in [0, 0.05) is 0 Å². The summed E-state index contributed by atoms with van der Waals surface area (Å²) < 4.78 is 5.51. The van der Waals surface area contributed by atoms with Crippen LogP contribution >= 0.6 is 11.3 Å². The molecular weight excluding hydrogens is 298 g/mol. The van der Waals surface area contributed by atoms with Crippen LogP contribution in [0.1, 0.15) is 39.3 Å². The van der Waals surface area contributed by atoms with Crippen molar-refractivity contribution in [1.29, 1.82) is 0 Å². The minimum absolute atomic E-state index is 0.234. The Kier molecular flexibility index (Phi) is 5.66. The number of benzene rings is 1. The molecule has 0 fully saturated rings. The molecule has 5 nitrogen and oxygen atoms in total. The van der Waals surface area contributed by atoms with E-state index in [-0.39, 0.29) is 5.91 Å². The molecule has 116 valence electrons. The lowest BCUT2D eigenvalue weighted by atomic mass is 10.2. The first-order valence-electron chi connectivity index (χ1n) is 7.10. The third kappa shape index (κ3) is 4.39. The number of aromatic nitrogens is 1. The van der Waals surface area contributed by atoms with Gasteiger partial charge in [0.2, 0.25) is 0 Å². The van der Waals surface area contributed by atoms with E-state index in [1.54, 1.807) is 6.21 Å². The quantitative estimate of drug-likeness (QED) is 0.656. The summed E-state index contributed by atoms with van der Waals surface area (Å²) in [7, 11) is 0. The van der Waals surface area contributed by atoms with Gasteiger partial charge in [-0.3, -0.25) is 4.79 Å². The van der Waals surface area contributed by atoms with Gasteiger partial charge >= 0.3 is 0 Å². The number of thiazole rings is 1. The van der Waals surface area contributed by atoms with Gasteiger partial charge in [-0.05, 0) is 50.1 Å². The van der Waals surface area contributed by atoms with Gasteiger partial charge in [0.15, 0.2) is 0 Å². The minimum atomic E-state index is -0.234. The number of nitrogens with zero attached hydrogens (tertiary/aromatic N) is 2. The third-order valence-electron chi connectivity index (χ3n) is 2.84. The maximum Gasteiger partial charge on any atom is 0.283 e. The van der Waals surface area contributed by atoms with Crippen LogP contribution < -0.4 is 10.2 Å². The van der Waals surface area contributed by atoms with E-state index in [1.165, 1.54) is 11.3 Å². The highest BCUT2D eigenvalue weighted by molar-refractivity contribution is 7.13. The van der Waals surface area contributed by atoms with E-state index in [1.807, 2.05) is 38.1 Å². The molecule has 0 spiro atoms. The second kappa shape index (κ2) is 7.70. The maximum atomic E-state index is 12.0. The molecule has 1 amide bonds. The van der Waals surface area contributed by atoms with Crippen LogP contribution in [0, 0.1) is 13.8 Å². The van der Waals surface area contributed by atoms with E-state index in [4.69, 9.17) is 4.74 Å². The van der Waals surface area contributed by atoms with Crippen LogP contribution in [-0.4, -0.2) is 23.7 Å². The van der Waals surface area contributed by atoms with Crippen LogP contribution in [0.5, 0.6) is 5.75 Å². The van der Waals surface area contributed by atoms with Gasteiger partial charge in [-0.2, -0.15) is 5.10 Å². The maximum absolute atomic E-state index is 12.0. The second-order valence-corrected chi connectivity index (χ2v) is 5.97. The van der Waals surface area contributed by atoms with E-state index < -0.39 is 0 Å². The minimum Gasteiger partial charge on any atom is -0.494 e. The zero-order chi connectivity index (χ0) is 15.9. The van der Waals surface area contributed by atoms with Crippen molar-refractivity contribution in [2.45, 2.75) is 27.2 Å². The normalized spacial score (nSPS) is 10.9. The summed E-state index contributed by atoms with van der Waals surface area (Å²) in [4.78, 5) is 16.8. The molecule has 0 bridgehead atoms. The fourth-order valence-electron chi connectivity index (χ4n) is 1.83. The summed E-state index contributed by atoms with van der Waals surface area (Å²) in [6.45, 7) is 6.46. The molecule has 0 aliphatic heterocycles. The molecule has 0 radical (unpaired) electrons. The fraction of sp³-hybridized carbons (Fsp3) is 0.312. The Morgan fingerprint density at radius 2 is 2.09 bits per heavy atom. The lowest BCUT2D eigenvalue weighted by Gasteiger charge is -2.03. The summed E-state index contributed by atoms with van der Waals surface area (Å²) >= 11 is 1.36. The number of hydrogen-bond acceptors (Lipinski definition) is 5. The Labute approximate surface area is 134 Å². The van der Waals surface area contributed by atoms with Crippen LogP contribution in [0.15, 0.2) is 29.4 Å². The lowest BCUT2D eigenvalue weighted by molar-refractivity contribution is 0.0958. The molecular formula is C16H19N3O2S. The van der Waals surface area contributed by atoms with Crippen LogP contribution in [0.3, 0.4) is 0 Å². The van der Waals surface area contributed by atoms with E-state index in [0.717, 1.165) is 28.4 Å². The number of carbonyl (C=O) groups excluding carboxylic acids is 1. The number of ether oxygens (including phenoxy) is 1. The predicted octanol–water partition coefficient (Wildman–Crippen LogP) is 3.31. The number of nitrogens with one attached hydrogen (secondary N) is 1. The van der Waals surface area contributed by atoms with Crippen LogP contribution in [0.25, 0.3) is 0 Å².